The van der Waals surface area contributed by atoms with Crippen LogP contribution in [-0.2, 0) is 4.74 Å². The van der Waals surface area contributed by atoms with Crippen molar-refractivity contribution in [1.82, 2.24) is 9.97 Å². The zero-order chi connectivity index (χ0) is 14.5. The van der Waals surface area contributed by atoms with E-state index in [1.807, 2.05) is 43.3 Å². The van der Waals surface area contributed by atoms with Crippen LogP contribution < -0.4 is 0 Å². The standard InChI is InChI=1S/C16H16N2O2S/c1-2-19-10-11-21-16-12-6-3-4-7-13(12)17-15(18-16)14-8-5-9-20-14/h3-9H,2,10-11H2,1H3. The average molecular weight is 300 g/mol. The molecule has 0 fully saturated rings. The Hall–Kier alpha value is -1.85. The molecule has 5 heteroatoms. The van der Waals surface area contributed by atoms with E-state index in [0.29, 0.717) is 11.6 Å². The normalized spacial score (nSPS) is 11.1. The summed E-state index contributed by atoms with van der Waals surface area (Å²) in [5.41, 5.74) is 0.929. The number of nitrogens with zero attached hydrogens (tertiary/aromatic N) is 2. The summed E-state index contributed by atoms with van der Waals surface area (Å²) in [5, 5.41) is 2.03. The van der Waals surface area contributed by atoms with Gasteiger partial charge in [0.1, 0.15) is 5.03 Å². The average Bonchev–Trinajstić information content (AvgIpc) is 3.05. The van der Waals surface area contributed by atoms with Gasteiger partial charge in [-0.05, 0) is 25.1 Å². The molecule has 0 saturated carbocycles. The van der Waals surface area contributed by atoms with Gasteiger partial charge < -0.3 is 9.15 Å². The molecule has 21 heavy (non-hydrogen) atoms. The van der Waals surface area contributed by atoms with E-state index < -0.39 is 0 Å². The first-order valence-electron chi connectivity index (χ1n) is 6.89. The fourth-order valence-electron chi connectivity index (χ4n) is 2.02. The Kier molecular flexibility index (Phi) is 4.52. The van der Waals surface area contributed by atoms with Gasteiger partial charge in [-0.3, -0.25) is 0 Å². The molecule has 0 radical (unpaired) electrons. The molecule has 0 bridgehead atoms. The molecule has 4 nitrogen and oxygen atoms in total. The molecule has 3 rings (SSSR count). The number of benzene rings is 1. The van der Waals surface area contributed by atoms with Gasteiger partial charge in [0.05, 0.1) is 18.4 Å². The Balaban J connectivity index is 1.95. The first kappa shape index (κ1) is 14.1. The van der Waals surface area contributed by atoms with Crippen LogP contribution in [0.25, 0.3) is 22.5 Å². The summed E-state index contributed by atoms with van der Waals surface area (Å²) < 4.78 is 10.8. The topological polar surface area (TPSA) is 48.2 Å². The molecule has 3 aromatic rings. The molecular weight excluding hydrogens is 284 g/mol. The smallest absolute Gasteiger partial charge is 0.197 e. The van der Waals surface area contributed by atoms with Crippen molar-refractivity contribution in [2.75, 3.05) is 19.0 Å². The Bertz CT molecular complexity index is 713. The number of ether oxygens (including phenoxy) is 1. The SMILES string of the molecule is CCOCCSc1nc(-c2ccco2)nc2ccccc12. The molecule has 0 aliphatic carbocycles. The first-order valence-corrected chi connectivity index (χ1v) is 7.88. The Morgan fingerprint density at radius 2 is 2.05 bits per heavy atom. The maximum atomic E-state index is 5.41. The van der Waals surface area contributed by atoms with Crippen molar-refractivity contribution in [1.29, 1.82) is 0 Å². The maximum absolute atomic E-state index is 5.41. The largest absolute Gasteiger partial charge is 0.461 e. The number of para-hydroxylation sites is 1. The van der Waals surface area contributed by atoms with E-state index in [2.05, 4.69) is 9.97 Å². The van der Waals surface area contributed by atoms with Gasteiger partial charge in [-0.2, -0.15) is 0 Å². The van der Waals surface area contributed by atoms with E-state index in [1.165, 1.54) is 0 Å². The van der Waals surface area contributed by atoms with Crippen LogP contribution in [0.3, 0.4) is 0 Å². The summed E-state index contributed by atoms with van der Waals surface area (Å²) in [6, 6.07) is 11.7. The van der Waals surface area contributed by atoms with Gasteiger partial charge in [-0.25, -0.2) is 9.97 Å². The lowest BCUT2D eigenvalue weighted by Crippen LogP contribution is -1.98. The molecular formula is C16H16N2O2S. The predicted molar refractivity (Wildman–Crippen MR) is 84.5 cm³/mol. The second kappa shape index (κ2) is 6.74. The molecule has 0 unspecified atom stereocenters. The van der Waals surface area contributed by atoms with Gasteiger partial charge in [0.2, 0.25) is 0 Å². The second-order valence-corrected chi connectivity index (χ2v) is 5.48. The number of furan rings is 1. The molecule has 0 atom stereocenters. The molecule has 2 heterocycles. The molecule has 0 amide bonds. The fraction of sp³-hybridized carbons (Fsp3) is 0.250. The minimum Gasteiger partial charge on any atom is -0.461 e. The van der Waals surface area contributed by atoms with Crippen LogP contribution >= 0.6 is 11.8 Å². The van der Waals surface area contributed by atoms with Gasteiger partial charge in [0, 0.05) is 17.7 Å². The van der Waals surface area contributed by atoms with Gasteiger partial charge in [0.15, 0.2) is 11.6 Å². The van der Waals surface area contributed by atoms with E-state index >= 15 is 0 Å². The van der Waals surface area contributed by atoms with E-state index in [0.717, 1.165) is 34.9 Å². The first-order chi connectivity index (χ1) is 10.4. The Morgan fingerprint density at radius 3 is 2.86 bits per heavy atom. The van der Waals surface area contributed by atoms with Crippen molar-refractivity contribution >= 4 is 22.7 Å². The lowest BCUT2D eigenvalue weighted by molar-refractivity contribution is 0.164. The van der Waals surface area contributed by atoms with Gasteiger partial charge in [-0.1, -0.05) is 18.2 Å². The minimum atomic E-state index is 0.623. The summed E-state index contributed by atoms with van der Waals surface area (Å²) in [4.78, 5) is 9.22. The minimum absolute atomic E-state index is 0.623. The quantitative estimate of drug-likeness (QED) is 0.391. The van der Waals surface area contributed by atoms with Gasteiger partial charge in [-0.15, -0.1) is 11.8 Å². The van der Waals surface area contributed by atoms with Crippen molar-refractivity contribution in [3.8, 4) is 11.6 Å². The zero-order valence-corrected chi connectivity index (χ0v) is 12.6. The lowest BCUT2D eigenvalue weighted by atomic mass is 10.2. The number of fused-ring (bicyclic) bond motifs is 1. The van der Waals surface area contributed by atoms with E-state index in [9.17, 15) is 0 Å². The predicted octanol–water partition coefficient (Wildman–Crippen LogP) is 4.02. The molecule has 2 aromatic heterocycles. The number of aromatic nitrogens is 2. The summed E-state index contributed by atoms with van der Waals surface area (Å²) in [7, 11) is 0. The van der Waals surface area contributed by atoms with Crippen molar-refractivity contribution in [2.45, 2.75) is 11.9 Å². The van der Waals surface area contributed by atoms with Crippen LogP contribution in [0.2, 0.25) is 0 Å². The summed E-state index contributed by atoms with van der Waals surface area (Å²) in [5.74, 6) is 2.18. The van der Waals surface area contributed by atoms with E-state index in [4.69, 9.17) is 9.15 Å². The molecule has 0 aliphatic rings. The second-order valence-electron chi connectivity index (χ2n) is 4.39. The summed E-state index contributed by atoms with van der Waals surface area (Å²) in [6.45, 7) is 3.46. The molecule has 0 N–H and O–H groups in total. The third-order valence-electron chi connectivity index (χ3n) is 2.98. The molecule has 0 saturated heterocycles. The van der Waals surface area contributed by atoms with Gasteiger partial charge in [0.25, 0.3) is 0 Å². The third kappa shape index (κ3) is 3.25. The highest BCUT2D eigenvalue weighted by molar-refractivity contribution is 7.99. The Labute approximate surface area is 127 Å². The highest BCUT2D eigenvalue weighted by Gasteiger charge is 2.11. The van der Waals surface area contributed by atoms with Crippen LogP contribution in [0.1, 0.15) is 6.92 Å². The van der Waals surface area contributed by atoms with Crippen LogP contribution in [0, 0.1) is 0 Å². The summed E-state index contributed by atoms with van der Waals surface area (Å²) >= 11 is 1.68. The molecule has 0 spiro atoms. The number of hydrogen-bond acceptors (Lipinski definition) is 5. The van der Waals surface area contributed by atoms with Crippen LogP contribution in [0.15, 0.2) is 52.1 Å². The van der Waals surface area contributed by atoms with Crippen molar-refractivity contribution in [3.63, 3.8) is 0 Å². The monoisotopic (exact) mass is 300 g/mol. The molecule has 108 valence electrons. The number of rotatable bonds is 6. The van der Waals surface area contributed by atoms with Gasteiger partial charge >= 0.3 is 0 Å². The lowest BCUT2D eigenvalue weighted by Gasteiger charge is -2.07. The highest BCUT2D eigenvalue weighted by Crippen LogP contribution is 2.28. The highest BCUT2D eigenvalue weighted by atomic mass is 32.2. The van der Waals surface area contributed by atoms with E-state index in [-0.39, 0.29) is 0 Å². The van der Waals surface area contributed by atoms with Crippen LogP contribution in [-0.4, -0.2) is 28.9 Å². The zero-order valence-electron chi connectivity index (χ0n) is 11.8. The van der Waals surface area contributed by atoms with Crippen LogP contribution in [0.5, 0.6) is 0 Å². The number of thioether (sulfide) groups is 1. The van der Waals surface area contributed by atoms with Crippen LogP contribution in [0.4, 0.5) is 0 Å². The van der Waals surface area contributed by atoms with E-state index in [1.54, 1.807) is 18.0 Å². The Morgan fingerprint density at radius 1 is 1.14 bits per heavy atom. The third-order valence-corrected chi connectivity index (χ3v) is 3.94. The fourth-order valence-corrected chi connectivity index (χ4v) is 2.89. The molecule has 0 aliphatic heterocycles. The summed E-state index contributed by atoms with van der Waals surface area (Å²) in [6.07, 6.45) is 1.63. The van der Waals surface area contributed by atoms with Crippen molar-refractivity contribution in [3.05, 3.63) is 42.7 Å². The van der Waals surface area contributed by atoms with Crippen molar-refractivity contribution in [2.24, 2.45) is 0 Å². The maximum Gasteiger partial charge on any atom is 0.197 e. The van der Waals surface area contributed by atoms with Crippen molar-refractivity contribution < 1.29 is 9.15 Å². The number of hydrogen-bond donors (Lipinski definition) is 0. The molecule has 1 aromatic carbocycles.